The van der Waals surface area contributed by atoms with Gasteiger partial charge in [-0.25, -0.2) is 4.98 Å². The molecule has 19 heavy (non-hydrogen) atoms. The fourth-order valence-electron chi connectivity index (χ4n) is 1.74. The third kappa shape index (κ3) is 5.92. The van der Waals surface area contributed by atoms with E-state index in [4.69, 9.17) is 0 Å². The van der Waals surface area contributed by atoms with Gasteiger partial charge in [-0.3, -0.25) is 4.90 Å². The number of nitrogens with one attached hydrogen (secondary N) is 1. The Morgan fingerprint density at radius 2 is 2.05 bits per heavy atom. The number of anilines is 1. The summed E-state index contributed by atoms with van der Waals surface area (Å²) in [5, 5.41) is 3.14. The molecule has 0 spiro atoms. The lowest BCUT2D eigenvalue weighted by molar-refractivity contribution is -0.146. The van der Waals surface area contributed by atoms with Crippen molar-refractivity contribution in [2.75, 3.05) is 25.0 Å². The average Bonchev–Trinajstić information content (AvgIpc) is 2.35. The molecule has 0 unspecified atom stereocenters. The molecule has 3 nitrogen and oxygen atoms in total. The fourth-order valence-corrected chi connectivity index (χ4v) is 1.74. The molecule has 1 aromatic heterocycles. The second-order valence-corrected chi connectivity index (χ2v) is 4.36. The molecule has 0 aliphatic rings. The van der Waals surface area contributed by atoms with E-state index < -0.39 is 12.7 Å². The molecule has 1 aromatic rings. The highest BCUT2D eigenvalue weighted by atomic mass is 19.4. The second kappa shape index (κ2) is 7.33. The van der Waals surface area contributed by atoms with E-state index >= 15 is 0 Å². The van der Waals surface area contributed by atoms with Crippen LogP contribution < -0.4 is 5.32 Å². The van der Waals surface area contributed by atoms with E-state index in [2.05, 4.69) is 10.3 Å². The van der Waals surface area contributed by atoms with Crippen molar-refractivity contribution in [1.82, 2.24) is 9.88 Å². The standard InChI is InChI=1S/C13H20F3N3/c1-3-7-17-12-11(6-5-8-18-12)9-19(4-2)10-13(14,15)16/h5-6,8H,3-4,7,9-10H2,1-2H3,(H,17,18). The summed E-state index contributed by atoms with van der Waals surface area (Å²) in [6.07, 6.45) is -1.59. The van der Waals surface area contributed by atoms with E-state index in [1.54, 1.807) is 19.2 Å². The molecule has 0 saturated heterocycles. The summed E-state index contributed by atoms with van der Waals surface area (Å²) in [6, 6.07) is 3.55. The fraction of sp³-hybridized carbons (Fsp3) is 0.615. The largest absolute Gasteiger partial charge is 0.401 e. The van der Waals surface area contributed by atoms with Crippen LogP contribution in [-0.4, -0.2) is 35.7 Å². The summed E-state index contributed by atoms with van der Waals surface area (Å²) in [5.41, 5.74) is 0.794. The first-order valence-corrected chi connectivity index (χ1v) is 6.43. The zero-order chi connectivity index (χ0) is 14.3. The maximum Gasteiger partial charge on any atom is 0.401 e. The summed E-state index contributed by atoms with van der Waals surface area (Å²) in [4.78, 5) is 5.54. The number of aromatic nitrogens is 1. The molecule has 1 heterocycles. The van der Waals surface area contributed by atoms with Gasteiger partial charge in [-0.05, 0) is 19.0 Å². The van der Waals surface area contributed by atoms with Crippen LogP contribution >= 0.6 is 0 Å². The third-order valence-electron chi connectivity index (χ3n) is 2.68. The van der Waals surface area contributed by atoms with E-state index in [1.807, 2.05) is 13.0 Å². The number of rotatable bonds is 7. The molecule has 1 N–H and O–H groups in total. The molecular weight excluding hydrogens is 255 g/mol. The van der Waals surface area contributed by atoms with Gasteiger partial charge in [0.25, 0.3) is 0 Å². The Kier molecular flexibility index (Phi) is 6.08. The highest BCUT2D eigenvalue weighted by molar-refractivity contribution is 5.43. The van der Waals surface area contributed by atoms with E-state index in [0.717, 1.165) is 18.5 Å². The van der Waals surface area contributed by atoms with E-state index in [1.165, 1.54) is 4.90 Å². The highest BCUT2D eigenvalue weighted by Gasteiger charge is 2.30. The van der Waals surface area contributed by atoms with Crippen molar-refractivity contribution in [1.29, 1.82) is 0 Å². The van der Waals surface area contributed by atoms with E-state index in [9.17, 15) is 13.2 Å². The Bertz CT molecular complexity index is 380. The van der Waals surface area contributed by atoms with Gasteiger partial charge in [0.2, 0.25) is 0 Å². The van der Waals surface area contributed by atoms with Crippen molar-refractivity contribution in [3.63, 3.8) is 0 Å². The molecule has 0 fully saturated rings. The van der Waals surface area contributed by atoms with Gasteiger partial charge in [-0.1, -0.05) is 19.9 Å². The summed E-state index contributed by atoms with van der Waals surface area (Å²) in [6.45, 7) is 4.21. The lowest BCUT2D eigenvalue weighted by atomic mass is 10.2. The van der Waals surface area contributed by atoms with Gasteiger partial charge in [-0.15, -0.1) is 0 Å². The molecule has 0 bridgehead atoms. The maximum absolute atomic E-state index is 12.4. The summed E-state index contributed by atoms with van der Waals surface area (Å²) in [5.74, 6) is 0.671. The Morgan fingerprint density at radius 1 is 1.32 bits per heavy atom. The van der Waals surface area contributed by atoms with Gasteiger partial charge in [0.1, 0.15) is 5.82 Å². The third-order valence-corrected chi connectivity index (χ3v) is 2.68. The number of nitrogens with zero attached hydrogens (tertiary/aromatic N) is 2. The van der Waals surface area contributed by atoms with E-state index in [-0.39, 0.29) is 6.54 Å². The molecule has 0 aliphatic carbocycles. The monoisotopic (exact) mass is 275 g/mol. The van der Waals surface area contributed by atoms with Crippen LogP contribution in [0.1, 0.15) is 25.8 Å². The summed E-state index contributed by atoms with van der Waals surface area (Å²) < 4.78 is 37.3. The molecule has 0 aromatic carbocycles. The van der Waals surface area contributed by atoms with Crippen molar-refractivity contribution in [3.05, 3.63) is 23.9 Å². The number of alkyl halides is 3. The minimum Gasteiger partial charge on any atom is -0.370 e. The first-order valence-electron chi connectivity index (χ1n) is 6.43. The molecule has 0 amide bonds. The van der Waals surface area contributed by atoms with Crippen molar-refractivity contribution in [3.8, 4) is 0 Å². The summed E-state index contributed by atoms with van der Waals surface area (Å²) in [7, 11) is 0. The van der Waals surface area contributed by atoms with Gasteiger partial charge in [0, 0.05) is 24.8 Å². The van der Waals surface area contributed by atoms with Crippen molar-refractivity contribution < 1.29 is 13.2 Å². The molecular formula is C13H20F3N3. The van der Waals surface area contributed by atoms with Crippen LogP contribution in [0.25, 0.3) is 0 Å². The normalized spacial score (nSPS) is 11.9. The molecule has 0 aliphatic heterocycles. The van der Waals surface area contributed by atoms with Crippen LogP contribution in [0.15, 0.2) is 18.3 Å². The van der Waals surface area contributed by atoms with Crippen LogP contribution in [0.2, 0.25) is 0 Å². The zero-order valence-electron chi connectivity index (χ0n) is 11.3. The Labute approximate surface area is 111 Å². The van der Waals surface area contributed by atoms with Gasteiger partial charge < -0.3 is 5.32 Å². The van der Waals surface area contributed by atoms with Crippen LogP contribution in [0.4, 0.5) is 19.0 Å². The smallest absolute Gasteiger partial charge is 0.370 e. The Morgan fingerprint density at radius 3 is 2.63 bits per heavy atom. The lowest BCUT2D eigenvalue weighted by Gasteiger charge is -2.23. The van der Waals surface area contributed by atoms with Gasteiger partial charge in [-0.2, -0.15) is 13.2 Å². The summed E-state index contributed by atoms with van der Waals surface area (Å²) >= 11 is 0. The van der Waals surface area contributed by atoms with Crippen LogP contribution in [0, 0.1) is 0 Å². The van der Waals surface area contributed by atoms with Gasteiger partial charge in [0.15, 0.2) is 0 Å². The number of pyridine rings is 1. The van der Waals surface area contributed by atoms with Crippen molar-refractivity contribution in [2.24, 2.45) is 0 Å². The predicted molar refractivity (Wildman–Crippen MR) is 70.0 cm³/mol. The average molecular weight is 275 g/mol. The van der Waals surface area contributed by atoms with Crippen molar-refractivity contribution in [2.45, 2.75) is 33.0 Å². The molecule has 0 radical (unpaired) electrons. The topological polar surface area (TPSA) is 28.2 Å². The Balaban J connectivity index is 2.73. The highest BCUT2D eigenvalue weighted by Crippen LogP contribution is 2.20. The molecule has 1 rings (SSSR count). The van der Waals surface area contributed by atoms with Crippen LogP contribution in [0.3, 0.4) is 0 Å². The zero-order valence-corrected chi connectivity index (χ0v) is 11.3. The Hall–Kier alpha value is -1.30. The number of halogens is 3. The van der Waals surface area contributed by atoms with Crippen LogP contribution in [0.5, 0.6) is 0 Å². The minimum absolute atomic E-state index is 0.246. The first kappa shape index (κ1) is 15.8. The van der Waals surface area contributed by atoms with Crippen molar-refractivity contribution >= 4 is 5.82 Å². The SMILES string of the molecule is CCCNc1ncccc1CN(CC)CC(F)(F)F. The van der Waals surface area contributed by atoms with Gasteiger partial charge in [0.05, 0.1) is 6.54 Å². The molecule has 0 saturated carbocycles. The van der Waals surface area contributed by atoms with Crippen LogP contribution in [-0.2, 0) is 6.54 Å². The lowest BCUT2D eigenvalue weighted by Crippen LogP contribution is -2.33. The van der Waals surface area contributed by atoms with Gasteiger partial charge >= 0.3 is 6.18 Å². The first-order chi connectivity index (χ1) is 8.96. The number of hydrogen-bond acceptors (Lipinski definition) is 3. The quantitative estimate of drug-likeness (QED) is 0.827. The second-order valence-electron chi connectivity index (χ2n) is 4.36. The predicted octanol–water partition coefficient (Wildman–Crippen LogP) is 3.29. The molecule has 108 valence electrons. The number of hydrogen-bond donors (Lipinski definition) is 1. The molecule has 6 heteroatoms. The van der Waals surface area contributed by atoms with E-state index in [0.29, 0.717) is 12.4 Å². The maximum atomic E-state index is 12.4. The minimum atomic E-state index is -4.17. The molecule has 0 atom stereocenters.